The Labute approximate surface area is 267 Å². The van der Waals surface area contributed by atoms with Crippen molar-refractivity contribution < 1.29 is 18.8 Å². The van der Waals surface area contributed by atoms with Gasteiger partial charge in [-0.25, -0.2) is 9.37 Å². The third-order valence-electron chi connectivity index (χ3n) is 10.8. The molecular formula is C33H40Cl2FN5O3. The molecule has 1 aromatic carbocycles. The second kappa shape index (κ2) is 11.2. The van der Waals surface area contributed by atoms with E-state index in [2.05, 4.69) is 34.8 Å². The highest BCUT2D eigenvalue weighted by atomic mass is 35.5. The van der Waals surface area contributed by atoms with Crippen molar-refractivity contribution in [1.82, 2.24) is 20.5 Å². The SMILES string of the molecule is CN(C)C(=O)C1CCC(NC(=O)[C@@H]2NC3(CCC(C)(C)CC3)[C@@]3(C(=O)Nc4cc(Cl)ccc43)[C@H]2c2ccnc(Cl)c2F)CC1. The van der Waals surface area contributed by atoms with Gasteiger partial charge in [0.05, 0.1) is 6.04 Å². The topological polar surface area (TPSA) is 103 Å². The number of amides is 3. The Hall–Kier alpha value is -2.75. The first-order chi connectivity index (χ1) is 20.8. The molecule has 8 nitrogen and oxygen atoms in total. The Bertz CT molecular complexity index is 1500. The summed E-state index contributed by atoms with van der Waals surface area (Å²) in [4.78, 5) is 47.1. The van der Waals surface area contributed by atoms with Gasteiger partial charge in [-0.1, -0.05) is 43.1 Å². The van der Waals surface area contributed by atoms with Gasteiger partial charge in [-0.3, -0.25) is 19.7 Å². The molecule has 0 unspecified atom stereocenters. The van der Waals surface area contributed by atoms with Crippen LogP contribution in [0.3, 0.4) is 0 Å². The van der Waals surface area contributed by atoms with E-state index in [1.54, 1.807) is 37.2 Å². The number of pyridine rings is 1. The van der Waals surface area contributed by atoms with Crippen LogP contribution in [-0.4, -0.2) is 59.3 Å². The Kier molecular flexibility index (Phi) is 7.99. The number of hydrogen-bond acceptors (Lipinski definition) is 5. The number of nitrogens with zero attached hydrogens (tertiary/aromatic N) is 2. The Morgan fingerprint density at radius 3 is 2.39 bits per heavy atom. The number of carbonyl (C=O) groups is 3. The first kappa shape index (κ1) is 31.2. The van der Waals surface area contributed by atoms with E-state index in [0.717, 1.165) is 12.8 Å². The van der Waals surface area contributed by atoms with E-state index < -0.39 is 28.7 Å². The number of aromatic nitrogens is 1. The van der Waals surface area contributed by atoms with E-state index in [9.17, 15) is 14.4 Å². The van der Waals surface area contributed by atoms with Crippen LogP contribution in [0.1, 0.15) is 82.3 Å². The Morgan fingerprint density at radius 2 is 1.73 bits per heavy atom. The number of hydrogen-bond donors (Lipinski definition) is 3. The minimum atomic E-state index is -1.31. The average molecular weight is 645 g/mol. The summed E-state index contributed by atoms with van der Waals surface area (Å²) in [5.74, 6) is -2.18. The van der Waals surface area contributed by atoms with E-state index >= 15 is 4.39 Å². The molecule has 2 aliphatic heterocycles. The van der Waals surface area contributed by atoms with Crippen LogP contribution in [0.4, 0.5) is 10.1 Å². The van der Waals surface area contributed by atoms with Crippen molar-refractivity contribution >= 4 is 46.6 Å². The molecule has 3 atom stereocenters. The quantitative estimate of drug-likeness (QED) is 0.378. The number of nitrogens with one attached hydrogen (secondary N) is 3. The molecule has 1 aromatic heterocycles. The van der Waals surface area contributed by atoms with E-state index in [0.29, 0.717) is 54.8 Å². The third kappa shape index (κ3) is 4.90. The van der Waals surface area contributed by atoms with Gasteiger partial charge in [-0.15, -0.1) is 0 Å². The maximum absolute atomic E-state index is 16.1. The Morgan fingerprint density at radius 1 is 1.05 bits per heavy atom. The van der Waals surface area contributed by atoms with Gasteiger partial charge in [0.2, 0.25) is 17.7 Å². The second-order valence-corrected chi connectivity index (χ2v) is 14.9. The van der Waals surface area contributed by atoms with Crippen LogP contribution in [0.15, 0.2) is 30.5 Å². The Balaban J connectivity index is 1.44. The van der Waals surface area contributed by atoms with Crippen LogP contribution < -0.4 is 16.0 Å². The van der Waals surface area contributed by atoms with Gasteiger partial charge in [-0.2, -0.15) is 0 Å². The lowest BCUT2D eigenvalue weighted by Gasteiger charge is -2.50. The van der Waals surface area contributed by atoms with E-state index in [4.69, 9.17) is 23.2 Å². The molecule has 1 saturated heterocycles. The summed E-state index contributed by atoms with van der Waals surface area (Å²) in [7, 11) is 3.52. The summed E-state index contributed by atoms with van der Waals surface area (Å²) < 4.78 is 16.1. The molecule has 6 rings (SSSR count). The van der Waals surface area contributed by atoms with Crippen molar-refractivity contribution in [2.75, 3.05) is 19.4 Å². The lowest BCUT2D eigenvalue weighted by atomic mass is 9.53. The van der Waals surface area contributed by atoms with Crippen LogP contribution in [0.25, 0.3) is 0 Å². The van der Waals surface area contributed by atoms with Gasteiger partial charge >= 0.3 is 0 Å². The summed E-state index contributed by atoms with van der Waals surface area (Å²) in [6.07, 6.45) is 6.99. The maximum atomic E-state index is 16.1. The molecule has 44 heavy (non-hydrogen) atoms. The van der Waals surface area contributed by atoms with Gasteiger partial charge in [-0.05, 0) is 86.1 Å². The molecular weight excluding hydrogens is 604 g/mol. The van der Waals surface area contributed by atoms with Gasteiger partial charge in [0.1, 0.15) is 5.41 Å². The average Bonchev–Trinajstić information content (AvgIpc) is 3.44. The summed E-state index contributed by atoms with van der Waals surface area (Å²) >= 11 is 12.6. The van der Waals surface area contributed by atoms with Gasteiger partial charge in [0, 0.05) is 54.4 Å². The molecule has 2 aliphatic carbocycles. The molecule has 3 amide bonds. The smallest absolute Gasteiger partial charge is 0.238 e. The predicted molar refractivity (Wildman–Crippen MR) is 168 cm³/mol. The highest BCUT2D eigenvalue weighted by Gasteiger charge is 2.73. The van der Waals surface area contributed by atoms with E-state index in [1.807, 2.05) is 6.07 Å². The van der Waals surface area contributed by atoms with Gasteiger partial charge in [0.25, 0.3) is 0 Å². The van der Waals surface area contributed by atoms with Crippen LogP contribution >= 0.6 is 23.2 Å². The zero-order valence-electron chi connectivity index (χ0n) is 25.6. The standard InChI is InChI=1S/C33H40Cl2FN5O3/c1-31(2)12-14-32(15-13-31)33(22-10-7-19(34)17-23(22)39-30(33)44)24(21-11-16-37-27(35)25(21)36)26(40-32)28(42)38-20-8-5-18(6-9-20)29(43)41(3)4/h7,10-11,16-18,20,24,26,40H,5-6,8-9,12-15H2,1-4H3,(H,38,42)(H,39,44)/t18?,20?,24-,26+,33+/m0/s1. The molecule has 2 spiro atoms. The predicted octanol–water partition coefficient (Wildman–Crippen LogP) is 5.58. The number of anilines is 1. The molecule has 2 aromatic rings. The molecule has 0 radical (unpaired) electrons. The van der Waals surface area contributed by atoms with Gasteiger partial charge < -0.3 is 15.5 Å². The highest BCUT2D eigenvalue weighted by molar-refractivity contribution is 6.31. The first-order valence-electron chi connectivity index (χ1n) is 15.5. The number of carbonyl (C=O) groups excluding carboxylic acids is 3. The second-order valence-electron chi connectivity index (χ2n) is 14.1. The molecule has 11 heteroatoms. The summed E-state index contributed by atoms with van der Waals surface area (Å²) in [6.45, 7) is 4.43. The highest BCUT2D eigenvalue weighted by Crippen LogP contribution is 2.64. The van der Waals surface area contributed by atoms with Crippen molar-refractivity contribution in [2.45, 2.75) is 94.2 Å². The molecule has 0 bridgehead atoms. The fourth-order valence-corrected chi connectivity index (χ4v) is 8.81. The minimum Gasteiger partial charge on any atom is -0.352 e. The lowest BCUT2D eigenvalue weighted by molar-refractivity contribution is -0.134. The van der Waals surface area contributed by atoms with Crippen molar-refractivity contribution in [2.24, 2.45) is 11.3 Å². The largest absolute Gasteiger partial charge is 0.352 e. The monoisotopic (exact) mass is 643 g/mol. The van der Waals surface area contributed by atoms with E-state index in [1.165, 1.54) is 6.20 Å². The molecule has 3 heterocycles. The minimum absolute atomic E-state index is 0.0513. The number of halogens is 3. The molecule has 3 fully saturated rings. The van der Waals surface area contributed by atoms with Crippen molar-refractivity contribution in [1.29, 1.82) is 0 Å². The van der Waals surface area contributed by atoms with Gasteiger partial charge in [0.15, 0.2) is 11.0 Å². The summed E-state index contributed by atoms with van der Waals surface area (Å²) in [5, 5.41) is 10.1. The van der Waals surface area contributed by atoms with Crippen molar-refractivity contribution in [3.63, 3.8) is 0 Å². The normalized spacial score (nSPS) is 30.2. The van der Waals surface area contributed by atoms with Crippen molar-refractivity contribution in [3.8, 4) is 0 Å². The van der Waals surface area contributed by atoms with Crippen LogP contribution in [0, 0.1) is 17.2 Å². The zero-order chi connectivity index (χ0) is 31.6. The fourth-order valence-electron chi connectivity index (χ4n) is 8.47. The first-order valence-corrected chi connectivity index (χ1v) is 16.3. The summed E-state index contributed by atoms with van der Waals surface area (Å²) in [5.41, 5.74) is -0.644. The number of benzene rings is 1. The number of fused-ring (bicyclic) bond motifs is 3. The third-order valence-corrected chi connectivity index (χ3v) is 11.3. The molecule has 4 aliphatic rings. The molecule has 236 valence electrons. The maximum Gasteiger partial charge on any atom is 0.238 e. The van der Waals surface area contributed by atoms with E-state index in [-0.39, 0.29) is 45.8 Å². The van der Waals surface area contributed by atoms with Crippen LogP contribution in [0.2, 0.25) is 10.2 Å². The summed E-state index contributed by atoms with van der Waals surface area (Å²) in [6, 6.07) is 5.78. The lowest BCUT2D eigenvalue weighted by Crippen LogP contribution is -2.61. The van der Waals surface area contributed by atoms with Crippen molar-refractivity contribution in [3.05, 3.63) is 57.6 Å². The van der Waals surface area contributed by atoms with Crippen LogP contribution in [-0.2, 0) is 19.8 Å². The molecule has 2 saturated carbocycles. The number of rotatable bonds is 4. The zero-order valence-corrected chi connectivity index (χ0v) is 27.1. The molecule has 3 N–H and O–H groups in total. The fraction of sp³-hybridized carbons (Fsp3) is 0.576. The van der Waals surface area contributed by atoms with Crippen LogP contribution in [0.5, 0.6) is 0 Å².